The van der Waals surface area contributed by atoms with E-state index in [4.69, 9.17) is 10.00 Å². The van der Waals surface area contributed by atoms with Crippen molar-refractivity contribution in [2.24, 2.45) is 0 Å². The molecule has 0 amide bonds. The van der Waals surface area contributed by atoms with Gasteiger partial charge in [-0.2, -0.15) is 5.26 Å². The van der Waals surface area contributed by atoms with Gasteiger partial charge in [0, 0.05) is 34.8 Å². The largest absolute Gasteiger partial charge is 0.457 e. The molecule has 0 aliphatic heterocycles. The highest BCUT2D eigenvalue weighted by Gasteiger charge is 2.36. The van der Waals surface area contributed by atoms with Crippen LogP contribution in [0.5, 0.6) is 11.5 Å². The lowest BCUT2D eigenvalue weighted by Crippen LogP contribution is -2.10. The molecule has 3 rings (SSSR count). The molecule has 2 aromatic rings. The minimum absolute atomic E-state index is 0.0638. The molecule has 24 heavy (non-hydrogen) atoms. The summed E-state index contributed by atoms with van der Waals surface area (Å²) in [5.74, 6) is -1.12. The van der Waals surface area contributed by atoms with Crippen molar-refractivity contribution in [3.63, 3.8) is 0 Å². The molecule has 122 valence electrons. The molecule has 4 nitrogen and oxygen atoms in total. The Balaban J connectivity index is 2.08. The zero-order valence-corrected chi connectivity index (χ0v) is 13.3. The van der Waals surface area contributed by atoms with Crippen molar-refractivity contribution in [3.05, 3.63) is 52.8 Å². The third-order valence-electron chi connectivity index (χ3n) is 3.68. The van der Waals surface area contributed by atoms with Gasteiger partial charge in [-0.25, -0.2) is 8.78 Å². The van der Waals surface area contributed by atoms with Gasteiger partial charge in [-0.3, -0.25) is 9.00 Å². The third kappa shape index (κ3) is 2.81. The van der Waals surface area contributed by atoms with Crippen molar-refractivity contribution < 1.29 is 22.5 Å². The van der Waals surface area contributed by atoms with Gasteiger partial charge in [0.15, 0.2) is 12.0 Å². The van der Waals surface area contributed by atoms with Crippen molar-refractivity contribution in [3.8, 4) is 17.6 Å². The summed E-state index contributed by atoms with van der Waals surface area (Å²) in [6, 6.07) is 8.20. The maximum atomic E-state index is 13.8. The molecule has 0 radical (unpaired) electrons. The average Bonchev–Trinajstić information content (AvgIpc) is 2.83. The molecule has 7 heteroatoms. The SMILES string of the molecule is CS(=O)c1ccc(Oc2cc(F)cc(C#N)c2)c2c1C(=O)C(F)C2. The standard InChI is InChI=1S/C17H11F2NO3S/c1-24(22)15-3-2-14(12-7-13(19)17(21)16(12)15)23-11-5-9(8-20)4-10(18)6-11/h2-6,13H,7H2,1H3. The minimum atomic E-state index is -1.71. The van der Waals surface area contributed by atoms with Crippen LogP contribution in [-0.2, 0) is 17.2 Å². The summed E-state index contributed by atoms with van der Waals surface area (Å²) in [5, 5.41) is 8.87. The smallest absolute Gasteiger partial charge is 0.198 e. The topological polar surface area (TPSA) is 67.2 Å². The van der Waals surface area contributed by atoms with Crippen LogP contribution >= 0.6 is 0 Å². The number of alkyl halides is 1. The molecule has 2 atom stereocenters. The van der Waals surface area contributed by atoms with Crippen LogP contribution < -0.4 is 4.74 Å². The van der Waals surface area contributed by atoms with Crippen molar-refractivity contribution in [2.75, 3.05) is 6.26 Å². The molecule has 0 heterocycles. The van der Waals surface area contributed by atoms with E-state index in [-0.39, 0.29) is 33.9 Å². The first-order chi connectivity index (χ1) is 11.4. The number of hydrogen-bond acceptors (Lipinski definition) is 4. The predicted molar refractivity (Wildman–Crippen MR) is 82.9 cm³/mol. The average molecular weight is 347 g/mol. The lowest BCUT2D eigenvalue weighted by Gasteiger charge is -2.12. The highest BCUT2D eigenvalue weighted by molar-refractivity contribution is 7.84. The van der Waals surface area contributed by atoms with Gasteiger partial charge in [0.2, 0.25) is 0 Å². The quantitative estimate of drug-likeness (QED) is 0.854. The van der Waals surface area contributed by atoms with E-state index in [0.717, 1.165) is 12.1 Å². The maximum Gasteiger partial charge on any atom is 0.198 e. The number of nitriles is 1. The van der Waals surface area contributed by atoms with Crippen molar-refractivity contribution >= 4 is 16.6 Å². The summed E-state index contributed by atoms with van der Waals surface area (Å²) >= 11 is 0. The van der Waals surface area contributed by atoms with E-state index >= 15 is 0 Å². The maximum absolute atomic E-state index is 13.8. The Kier molecular flexibility index (Phi) is 4.16. The van der Waals surface area contributed by atoms with E-state index in [1.54, 1.807) is 0 Å². The second-order valence-electron chi connectivity index (χ2n) is 5.29. The number of rotatable bonds is 3. The van der Waals surface area contributed by atoms with E-state index in [9.17, 15) is 17.8 Å². The Labute approximate surface area is 139 Å². The summed E-state index contributed by atoms with van der Waals surface area (Å²) < 4.78 is 44.7. The lowest BCUT2D eigenvalue weighted by molar-refractivity contribution is 0.0896. The molecule has 0 spiro atoms. The summed E-state index contributed by atoms with van der Waals surface area (Å²) in [4.78, 5) is 12.3. The summed E-state index contributed by atoms with van der Waals surface area (Å²) in [6.45, 7) is 0. The molecule has 0 aromatic heterocycles. The first-order valence-corrected chi connectivity index (χ1v) is 8.52. The number of benzene rings is 2. The Hall–Kier alpha value is -2.59. The predicted octanol–water partition coefficient (Wildman–Crippen LogP) is 3.30. The molecule has 0 saturated carbocycles. The molecule has 1 aliphatic carbocycles. The summed E-state index contributed by atoms with van der Waals surface area (Å²) in [7, 11) is -1.46. The minimum Gasteiger partial charge on any atom is -0.457 e. The molecule has 1 aliphatic rings. The second-order valence-corrected chi connectivity index (χ2v) is 6.64. The molecule has 0 N–H and O–H groups in total. The molecule has 0 bridgehead atoms. The number of halogens is 2. The van der Waals surface area contributed by atoms with Gasteiger partial charge in [-0.1, -0.05) is 0 Å². The second kappa shape index (κ2) is 6.13. The Bertz CT molecular complexity index is 921. The summed E-state index contributed by atoms with van der Waals surface area (Å²) in [5.41, 5.74) is 0.452. The third-order valence-corrected chi connectivity index (χ3v) is 4.64. The van der Waals surface area contributed by atoms with Gasteiger partial charge in [0.25, 0.3) is 0 Å². The number of fused-ring (bicyclic) bond motifs is 1. The summed E-state index contributed by atoms with van der Waals surface area (Å²) in [6.07, 6.45) is -0.496. The van der Waals surface area contributed by atoms with E-state index in [1.165, 1.54) is 24.5 Å². The van der Waals surface area contributed by atoms with Gasteiger partial charge in [-0.05, 0) is 24.3 Å². The number of ether oxygens (including phenoxy) is 1. The van der Waals surface area contributed by atoms with Gasteiger partial charge >= 0.3 is 0 Å². The zero-order chi connectivity index (χ0) is 17.4. The van der Waals surface area contributed by atoms with Gasteiger partial charge < -0.3 is 4.74 Å². The highest BCUT2D eigenvalue weighted by atomic mass is 32.2. The number of nitrogens with zero attached hydrogens (tertiary/aromatic N) is 1. The van der Waals surface area contributed by atoms with Crippen LogP contribution in [0.3, 0.4) is 0 Å². The van der Waals surface area contributed by atoms with Crippen LogP contribution in [0.1, 0.15) is 21.5 Å². The van der Waals surface area contributed by atoms with Crippen molar-refractivity contribution in [1.29, 1.82) is 5.26 Å². The Morgan fingerprint density at radius 3 is 2.75 bits per heavy atom. The van der Waals surface area contributed by atoms with Gasteiger partial charge in [0.1, 0.15) is 17.3 Å². The normalized spacial score (nSPS) is 17.2. The van der Waals surface area contributed by atoms with E-state index in [2.05, 4.69) is 0 Å². The number of ketones is 1. The fourth-order valence-corrected chi connectivity index (χ4v) is 3.43. The fourth-order valence-electron chi connectivity index (χ4n) is 2.66. The van der Waals surface area contributed by atoms with E-state index in [0.29, 0.717) is 5.56 Å². The van der Waals surface area contributed by atoms with E-state index < -0.39 is 28.6 Å². The first kappa shape index (κ1) is 16.3. The molecule has 0 saturated heterocycles. The highest BCUT2D eigenvalue weighted by Crippen LogP contribution is 2.38. The van der Waals surface area contributed by atoms with Crippen LogP contribution in [0.15, 0.2) is 35.2 Å². The monoisotopic (exact) mass is 347 g/mol. The number of carbonyl (C=O) groups is 1. The molecule has 2 unspecified atom stereocenters. The van der Waals surface area contributed by atoms with Crippen molar-refractivity contribution in [2.45, 2.75) is 17.5 Å². The van der Waals surface area contributed by atoms with Crippen LogP contribution in [0, 0.1) is 17.1 Å². The molecular weight excluding hydrogens is 336 g/mol. The zero-order valence-electron chi connectivity index (χ0n) is 12.5. The number of carbonyl (C=O) groups excluding carboxylic acids is 1. The fraction of sp³-hybridized carbons (Fsp3) is 0.176. The lowest BCUT2D eigenvalue weighted by atomic mass is 10.1. The van der Waals surface area contributed by atoms with E-state index in [1.807, 2.05) is 6.07 Å². The van der Waals surface area contributed by atoms with Gasteiger partial charge in [0.05, 0.1) is 22.4 Å². The number of hydrogen-bond donors (Lipinski definition) is 0. The van der Waals surface area contributed by atoms with Crippen LogP contribution in [0.2, 0.25) is 0 Å². The van der Waals surface area contributed by atoms with Crippen molar-refractivity contribution in [1.82, 2.24) is 0 Å². The first-order valence-electron chi connectivity index (χ1n) is 6.97. The number of Topliss-reactive ketones (excluding diaryl/α,β-unsaturated/α-hetero) is 1. The van der Waals surface area contributed by atoms with Crippen LogP contribution in [-0.4, -0.2) is 22.4 Å². The Morgan fingerprint density at radius 1 is 1.33 bits per heavy atom. The van der Waals surface area contributed by atoms with Gasteiger partial charge in [-0.15, -0.1) is 0 Å². The molecule has 2 aromatic carbocycles. The van der Waals surface area contributed by atoms with Crippen LogP contribution in [0.25, 0.3) is 0 Å². The Morgan fingerprint density at radius 2 is 2.08 bits per heavy atom. The molecular formula is C17H11F2NO3S. The van der Waals surface area contributed by atoms with Crippen LogP contribution in [0.4, 0.5) is 8.78 Å². The molecule has 0 fully saturated rings.